The Kier molecular flexibility index (Phi) is 6.40. The topological polar surface area (TPSA) is 115 Å². The Balaban J connectivity index is 1.48. The van der Waals surface area contributed by atoms with Gasteiger partial charge in [0, 0.05) is 29.9 Å². The van der Waals surface area contributed by atoms with Gasteiger partial charge in [-0.1, -0.05) is 18.2 Å². The summed E-state index contributed by atoms with van der Waals surface area (Å²) in [5.74, 6) is 0.299. The third kappa shape index (κ3) is 4.87. The number of pyridine rings is 1. The number of fused-ring (bicyclic) bond motifs is 1. The molecule has 166 valence electrons. The first kappa shape index (κ1) is 21.7. The molecule has 0 bridgehead atoms. The first-order chi connectivity index (χ1) is 16.1. The fourth-order valence-corrected chi connectivity index (χ4v) is 3.29. The standard InChI is InChI=1S/C24H21N5O4/c1-32-20-10-9-16(13-25-20)23(30)29-17-6-3-5-15(11-17)12-26-22-18-7-4-8-19(24(31)33-2)21(18)27-14-28-22/h3-11,13-14H,12H2,1-2H3,(H,29,30)(H,26,27,28). The van der Waals surface area contributed by atoms with Crippen LogP contribution in [0.4, 0.5) is 11.5 Å². The number of hydrogen-bond donors (Lipinski definition) is 2. The lowest BCUT2D eigenvalue weighted by Crippen LogP contribution is -2.12. The van der Waals surface area contributed by atoms with E-state index in [0.29, 0.717) is 46.0 Å². The number of hydrogen-bond acceptors (Lipinski definition) is 8. The van der Waals surface area contributed by atoms with Crippen molar-refractivity contribution in [1.29, 1.82) is 0 Å². The first-order valence-corrected chi connectivity index (χ1v) is 10.1. The minimum atomic E-state index is -0.458. The highest BCUT2D eigenvalue weighted by atomic mass is 16.5. The van der Waals surface area contributed by atoms with Gasteiger partial charge in [-0.05, 0) is 35.9 Å². The predicted octanol–water partition coefficient (Wildman–Crippen LogP) is 3.68. The molecule has 9 heteroatoms. The van der Waals surface area contributed by atoms with E-state index in [4.69, 9.17) is 9.47 Å². The molecule has 0 aliphatic carbocycles. The Morgan fingerprint density at radius 2 is 1.82 bits per heavy atom. The van der Waals surface area contributed by atoms with Crippen molar-refractivity contribution in [1.82, 2.24) is 15.0 Å². The van der Waals surface area contributed by atoms with Gasteiger partial charge in [-0.25, -0.2) is 19.7 Å². The number of carbonyl (C=O) groups is 2. The molecule has 0 fully saturated rings. The summed E-state index contributed by atoms with van der Waals surface area (Å²) in [4.78, 5) is 37.1. The number of anilines is 2. The minimum absolute atomic E-state index is 0.271. The van der Waals surface area contributed by atoms with Gasteiger partial charge < -0.3 is 20.1 Å². The number of amides is 1. The van der Waals surface area contributed by atoms with Crippen molar-refractivity contribution in [2.45, 2.75) is 6.54 Å². The number of aromatic nitrogens is 3. The molecule has 0 radical (unpaired) electrons. The van der Waals surface area contributed by atoms with Gasteiger partial charge in [0.2, 0.25) is 5.88 Å². The zero-order valence-corrected chi connectivity index (χ0v) is 18.0. The zero-order chi connectivity index (χ0) is 23.2. The average Bonchev–Trinajstić information content (AvgIpc) is 2.86. The van der Waals surface area contributed by atoms with Crippen LogP contribution in [0.5, 0.6) is 5.88 Å². The summed E-state index contributed by atoms with van der Waals surface area (Å²) in [6, 6.07) is 16.0. The second kappa shape index (κ2) is 9.73. The molecule has 0 spiro atoms. The highest BCUT2D eigenvalue weighted by molar-refractivity contribution is 6.05. The maximum atomic E-state index is 12.5. The molecule has 0 saturated carbocycles. The van der Waals surface area contributed by atoms with E-state index in [1.807, 2.05) is 24.3 Å². The predicted molar refractivity (Wildman–Crippen MR) is 123 cm³/mol. The number of esters is 1. The van der Waals surface area contributed by atoms with Gasteiger partial charge in [0.15, 0.2) is 0 Å². The molecule has 4 rings (SSSR count). The molecule has 2 aromatic heterocycles. The number of carbonyl (C=O) groups excluding carboxylic acids is 2. The molecule has 2 N–H and O–H groups in total. The molecule has 4 aromatic rings. The van der Waals surface area contributed by atoms with E-state index in [1.54, 1.807) is 30.3 Å². The number of para-hydroxylation sites is 1. The lowest BCUT2D eigenvalue weighted by atomic mass is 10.1. The second-order valence-electron chi connectivity index (χ2n) is 7.01. The molecule has 0 unspecified atom stereocenters. The number of methoxy groups -OCH3 is 2. The molecule has 9 nitrogen and oxygen atoms in total. The summed E-state index contributed by atoms with van der Waals surface area (Å²) in [7, 11) is 2.85. The third-order valence-corrected chi connectivity index (χ3v) is 4.92. The Hall–Kier alpha value is -4.53. The largest absolute Gasteiger partial charge is 0.481 e. The van der Waals surface area contributed by atoms with Crippen LogP contribution in [0.3, 0.4) is 0 Å². The van der Waals surface area contributed by atoms with E-state index in [0.717, 1.165) is 5.56 Å². The van der Waals surface area contributed by atoms with E-state index < -0.39 is 5.97 Å². The Morgan fingerprint density at radius 1 is 0.970 bits per heavy atom. The van der Waals surface area contributed by atoms with E-state index in [1.165, 1.54) is 26.7 Å². The molecule has 2 heterocycles. The average molecular weight is 443 g/mol. The van der Waals surface area contributed by atoms with Crippen LogP contribution in [0, 0.1) is 0 Å². The summed E-state index contributed by atoms with van der Waals surface area (Å²) in [6.45, 7) is 0.447. The fraction of sp³-hybridized carbons (Fsp3) is 0.125. The Morgan fingerprint density at radius 3 is 2.58 bits per heavy atom. The van der Waals surface area contributed by atoms with Crippen molar-refractivity contribution in [2.24, 2.45) is 0 Å². The van der Waals surface area contributed by atoms with Crippen LogP contribution in [0.1, 0.15) is 26.3 Å². The molecule has 0 aliphatic rings. The highest BCUT2D eigenvalue weighted by Crippen LogP contribution is 2.23. The van der Waals surface area contributed by atoms with Crippen molar-refractivity contribution >= 4 is 34.3 Å². The van der Waals surface area contributed by atoms with E-state index in [9.17, 15) is 9.59 Å². The monoisotopic (exact) mass is 443 g/mol. The third-order valence-electron chi connectivity index (χ3n) is 4.92. The maximum Gasteiger partial charge on any atom is 0.340 e. The summed E-state index contributed by atoms with van der Waals surface area (Å²) >= 11 is 0. The molecule has 0 saturated heterocycles. The van der Waals surface area contributed by atoms with E-state index in [-0.39, 0.29) is 5.91 Å². The fourth-order valence-electron chi connectivity index (χ4n) is 3.29. The number of rotatable bonds is 7. The Labute approximate surface area is 189 Å². The van der Waals surface area contributed by atoms with Crippen LogP contribution >= 0.6 is 0 Å². The highest BCUT2D eigenvalue weighted by Gasteiger charge is 2.14. The van der Waals surface area contributed by atoms with Gasteiger partial charge >= 0.3 is 5.97 Å². The van der Waals surface area contributed by atoms with Crippen LogP contribution in [-0.2, 0) is 11.3 Å². The van der Waals surface area contributed by atoms with Crippen molar-refractivity contribution in [3.8, 4) is 5.88 Å². The molecular formula is C24H21N5O4. The van der Waals surface area contributed by atoms with Crippen LogP contribution in [0.15, 0.2) is 67.1 Å². The van der Waals surface area contributed by atoms with Crippen molar-refractivity contribution < 1.29 is 19.1 Å². The van der Waals surface area contributed by atoms with Crippen molar-refractivity contribution in [3.05, 3.63) is 83.8 Å². The molecular weight excluding hydrogens is 422 g/mol. The van der Waals surface area contributed by atoms with Gasteiger partial charge in [-0.3, -0.25) is 4.79 Å². The van der Waals surface area contributed by atoms with Gasteiger partial charge in [-0.15, -0.1) is 0 Å². The van der Waals surface area contributed by atoms with Crippen LogP contribution in [0.2, 0.25) is 0 Å². The number of ether oxygens (including phenoxy) is 2. The van der Waals surface area contributed by atoms with Crippen LogP contribution in [-0.4, -0.2) is 41.0 Å². The Bertz CT molecular complexity index is 1310. The van der Waals surface area contributed by atoms with Crippen molar-refractivity contribution in [2.75, 3.05) is 24.9 Å². The summed E-state index contributed by atoms with van der Waals surface area (Å²) in [5.41, 5.74) is 2.88. The summed E-state index contributed by atoms with van der Waals surface area (Å²) < 4.78 is 9.85. The number of benzene rings is 2. The SMILES string of the molecule is COC(=O)c1cccc2c(NCc3cccc(NC(=O)c4ccc(OC)nc4)c3)ncnc12. The first-order valence-electron chi connectivity index (χ1n) is 10.1. The smallest absolute Gasteiger partial charge is 0.340 e. The zero-order valence-electron chi connectivity index (χ0n) is 18.0. The summed E-state index contributed by atoms with van der Waals surface area (Å²) in [6.07, 6.45) is 2.86. The minimum Gasteiger partial charge on any atom is -0.481 e. The molecule has 33 heavy (non-hydrogen) atoms. The molecule has 2 aromatic carbocycles. The lowest BCUT2D eigenvalue weighted by molar-refractivity contribution is 0.0602. The van der Waals surface area contributed by atoms with Crippen LogP contribution < -0.4 is 15.4 Å². The van der Waals surface area contributed by atoms with E-state index in [2.05, 4.69) is 25.6 Å². The molecule has 0 atom stereocenters. The normalized spacial score (nSPS) is 10.5. The quantitative estimate of drug-likeness (QED) is 0.416. The van der Waals surface area contributed by atoms with Crippen LogP contribution in [0.25, 0.3) is 10.9 Å². The van der Waals surface area contributed by atoms with E-state index >= 15 is 0 Å². The maximum absolute atomic E-state index is 12.5. The lowest BCUT2D eigenvalue weighted by Gasteiger charge is -2.11. The molecule has 1 amide bonds. The number of nitrogens with one attached hydrogen (secondary N) is 2. The second-order valence-corrected chi connectivity index (χ2v) is 7.01. The van der Waals surface area contributed by atoms with Gasteiger partial charge in [-0.2, -0.15) is 0 Å². The van der Waals surface area contributed by atoms with Gasteiger partial charge in [0.25, 0.3) is 5.91 Å². The van der Waals surface area contributed by atoms with Crippen molar-refractivity contribution in [3.63, 3.8) is 0 Å². The van der Waals surface area contributed by atoms with Gasteiger partial charge in [0.1, 0.15) is 12.1 Å². The number of nitrogens with zero attached hydrogens (tertiary/aromatic N) is 3. The summed E-state index contributed by atoms with van der Waals surface area (Å²) in [5, 5.41) is 6.84. The molecule has 0 aliphatic heterocycles. The van der Waals surface area contributed by atoms with Gasteiger partial charge in [0.05, 0.1) is 30.9 Å².